The average molecular weight is 348 g/mol. The number of para-hydroxylation sites is 1. The highest BCUT2D eigenvalue weighted by atomic mass is 35.5. The first-order chi connectivity index (χ1) is 11.6. The summed E-state index contributed by atoms with van der Waals surface area (Å²) in [6.07, 6.45) is 0. The number of nitrogens with one attached hydrogen (secondary N) is 1. The van der Waals surface area contributed by atoms with E-state index in [4.69, 9.17) is 21.1 Å². The van der Waals surface area contributed by atoms with Crippen molar-refractivity contribution in [2.24, 2.45) is 5.92 Å². The molecule has 0 aliphatic heterocycles. The molecule has 1 atom stereocenters. The van der Waals surface area contributed by atoms with Gasteiger partial charge in [0.15, 0.2) is 0 Å². The lowest BCUT2D eigenvalue weighted by atomic mass is 10.1. The summed E-state index contributed by atoms with van der Waals surface area (Å²) in [6.45, 7) is 3.56. The van der Waals surface area contributed by atoms with Crippen molar-refractivity contribution in [3.05, 3.63) is 64.7 Å². The maximum Gasteiger partial charge on any atom is 0.255 e. The van der Waals surface area contributed by atoms with E-state index in [0.717, 1.165) is 5.56 Å². The second kappa shape index (κ2) is 9.30. The molecular weight excluding hydrogens is 326 g/mol. The van der Waals surface area contributed by atoms with E-state index < -0.39 is 0 Å². The predicted molar refractivity (Wildman–Crippen MR) is 95.6 cm³/mol. The lowest BCUT2D eigenvalue weighted by Gasteiger charge is -2.14. The van der Waals surface area contributed by atoms with Crippen molar-refractivity contribution in [1.82, 2.24) is 5.32 Å². The van der Waals surface area contributed by atoms with Crippen LogP contribution in [-0.2, 0) is 11.3 Å². The van der Waals surface area contributed by atoms with Gasteiger partial charge in [-0.25, -0.2) is 0 Å². The van der Waals surface area contributed by atoms with E-state index in [9.17, 15) is 4.79 Å². The van der Waals surface area contributed by atoms with Gasteiger partial charge in [-0.3, -0.25) is 4.79 Å². The summed E-state index contributed by atoms with van der Waals surface area (Å²) < 4.78 is 10.9. The number of amides is 1. The Balaban J connectivity index is 1.98. The van der Waals surface area contributed by atoms with Gasteiger partial charge in [0.1, 0.15) is 12.4 Å². The van der Waals surface area contributed by atoms with Crippen LogP contribution in [0.25, 0.3) is 0 Å². The van der Waals surface area contributed by atoms with Crippen molar-refractivity contribution in [2.45, 2.75) is 13.5 Å². The zero-order chi connectivity index (χ0) is 17.4. The Bertz CT molecular complexity index is 658. The largest absolute Gasteiger partial charge is 0.488 e. The summed E-state index contributed by atoms with van der Waals surface area (Å²) >= 11 is 5.88. The Labute approximate surface area is 147 Å². The SMILES string of the molecule is COC[C@H](C)CNC(=O)c1ccccc1OCc1ccc(Cl)cc1. The topological polar surface area (TPSA) is 47.6 Å². The highest BCUT2D eigenvalue weighted by Crippen LogP contribution is 2.20. The van der Waals surface area contributed by atoms with Crippen LogP contribution in [0.3, 0.4) is 0 Å². The molecule has 24 heavy (non-hydrogen) atoms. The van der Waals surface area contributed by atoms with Gasteiger partial charge in [0.05, 0.1) is 12.2 Å². The minimum atomic E-state index is -0.148. The van der Waals surface area contributed by atoms with Crippen molar-refractivity contribution in [2.75, 3.05) is 20.3 Å². The lowest BCUT2D eigenvalue weighted by Crippen LogP contribution is -2.30. The standard InChI is InChI=1S/C19H22ClNO3/c1-14(12-23-2)11-21-19(22)17-5-3-4-6-18(17)24-13-15-7-9-16(20)10-8-15/h3-10,14H,11-13H2,1-2H3,(H,21,22)/t14-/m1/s1. The Morgan fingerprint density at radius 2 is 1.88 bits per heavy atom. The molecule has 0 unspecified atom stereocenters. The number of carbonyl (C=O) groups is 1. The number of rotatable bonds is 8. The molecule has 0 spiro atoms. The van der Waals surface area contributed by atoms with Crippen LogP contribution in [0.1, 0.15) is 22.8 Å². The highest BCUT2D eigenvalue weighted by Gasteiger charge is 2.13. The average Bonchev–Trinajstić information content (AvgIpc) is 2.60. The molecular formula is C19H22ClNO3. The minimum absolute atomic E-state index is 0.148. The molecule has 0 saturated carbocycles. The fourth-order valence-corrected chi connectivity index (χ4v) is 2.35. The van der Waals surface area contributed by atoms with Crippen molar-refractivity contribution in [1.29, 1.82) is 0 Å². The molecule has 2 aromatic carbocycles. The first-order valence-electron chi connectivity index (χ1n) is 7.83. The van der Waals surface area contributed by atoms with E-state index in [1.165, 1.54) is 0 Å². The Kier molecular flexibility index (Phi) is 7.09. The number of carbonyl (C=O) groups excluding carboxylic acids is 1. The second-order valence-corrected chi connectivity index (χ2v) is 6.12. The Morgan fingerprint density at radius 1 is 1.17 bits per heavy atom. The first kappa shape index (κ1) is 18.3. The third-order valence-corrected chi connectivity index (χ3v) is 3.75. The lowest BCUT2D eigenvalue weighted by molar-refractivity contribution is 0.0929. The Morgan fingerprint density at radius 3 is 2.58 bits per heavy atom. The van der Waals surface area contributed by atoms with Gasteiger partial charge in [0, 0.05) is 18.7 Å². The van der Waals surface area contributed by atoms with Crippen LogP contribution in [0.5, 0.6) is 5.75 Å². The fourth-order valence-electron chi connectivity index (χ4n) is 2.23. The highest BCUT2D eigenvalue weighted by molar-refractivity contribution is 6.30. The van der Waals surface area contributed by atoms with Crippen molar-refractivity contribution < 1.29 is 14.3 Å². The van der Waals surface area contributed by atoms with Crippen LogP contribution in [0.15, 0.2) is 48.5 Å². The van der Waals surface area contributed by atoms with Crippen LogP contribution in [0.2, 0.25) is 5.02 Å². The maximum absolute atomic E-state index is 12.4. The molecule has 0 saturated heterocycles. The number of hydrogen-bond acceptors (Lipinski definition) is 3. The molecule has 4 nitrogen and oxygen atoms in total. The molecule has 0 bridgehead atoms. The number of halogens is 1. The van der Waals surface area contributed by atoms with Gasteiger partial charge in [0.25, 0.3) is 5.91 Å². The molecule has 0 aliphatic rings. The van der Waals surface area contributed by atoms with Gasteiger partial charge < -0.3 is 14.8 Å². The first-order valence-corrected chi connectivity index (χ1v) is 8.21. The van der Waals surface area contributed by atoms with Gasteiger partial charge in [-0.1, -0.05) is 42.8 Å². The molecule has 128 valence electrons. The quantitative estimate of drug-likeness (QED) is 0.787. The van der Waals surface area contributed by atoms with Gasteiger partial charge in [-0.05, 0) is 35.7 Å². The van der Waals surface area contributed by atoms with Crippen molar-refractivity contribution in [3.8, 4) is 5.75 Å². The summed E-state index contributed by atoms with van der Waals surface area (Å²) in [7, 11) is 1.65. The van der Waals surface area contributed by atoms with Crippen LogP contribution < -0.4 is 10.1 Å². The zero-order valence-corrected chi connectivity index (χ0v) is 14.7. The molecule has 1 N–H and O–H groups in total. The molecule has 0 aromatic heterocycles. The summed E-state index contributed by atoms with van der Waals surface area (Å²) in [5.74, 6) is 0.662. The molecule has 0 heterocycles. The van der Waals surface area contributed by atoms with Gasteiger partial charge >= 0.3 is 0 Å². The normalized spacial score (nSPS) is 11.8. The van der Waals surface area contributed by atoms with E-state index >= 15 is 0 Å². The molecule has 0 aliphatic carbocycles. The number of hydrogen-bond donors (Lipinski definition) is 1. The number of benzene rings is 2. The molecule has 0 fully saturated rings. The molecule has 1 amide bonds. The predicted octanol–water partition coefficient (Wildman–Crippen LogP) is 3.93. The summed E-state index contributed by atoms with van der Waals surface area (Å²) in [4.78, 5) is 12.4. The molecule has 2 aromatic rings. The summed E-state index contributed by atoms with van der Waals surface area (Å²) in [6, 6.07) is 14.7. The zero-order valence-electron chi connectivity index (χ0n) is 13.9. The Hall–Kier alpha value is -2.04. The fraction of sp³-hybridized carbons (Fsp3) is 0.316. The van der Waals surface area contributed by atoms with Crippen LogP contribution >= 0.6 is 11.6 Å². The van der Waals surface area contributed by atoms with Gasteiger partial charge in [0.2, 0.25) is 0 Å². The van der Waals surface area contributed by atoms with E-state index in [-0.39, 0.29) is 11.8 Å². The van der Waals surface area contributed by atoms with Crippen LogP contribution in [-0.4, -0.2) is 26.2 Å². The third-order valence-electron chi connectivity index (χ3n) is 3.50. The number of ether oxygens (including phenoxy) is 2. The molecule has 5 heteroatoms. The smallest absolute Gasteiger partial charge is 0.255 e. The van der Waals surface area contributed by atoms with Crippen molar-refractivity contribution >= 4 is 17.5 Å². The van der Waals surface area contributed by atoms with Gasteiger partial charge in [-0.15, -0.1) is 0 Å². The van der Waals surface area contributed by atoms with Crippen LogP contribution in [0.4, 0.5) is 0 Å². The van der Waals surface area contributed by atoms with Crippen LogP contribution in [0, 0.1) is 5.92 Å². The van der Waals surface area contributed by atoms with E-state index in [2.05, 4.69) is 5.32 Å². The molecule has 2 rings (SSSR count). The summed E-state index contributed by atoms with van der Waals surface area (Å²) in [5.41, 5.74) is 1.51. The third kappa shape index (κ3) is 5.55. The minimum Gasteiger partial charge on any atom is -0.488 e. The molecule has 0 radical (unpaired) electrons. The van der Waals surface area contributed by atoms with E-state index in [1.54, 1.807) is 19.2 Å². The monoisotopic (exact) mass is 347 g/mol. The van der Waals surface area contributed by atoms with E-state index in [1.807, 2.05) is 43.3 Å². The second-order valence-electron chi connectivity index (χ2n) is 5.68. The maximum atomic E-state index is 12.4. The summed E-state index contributed by atoms with van der Waals surface area (Å²) in [5, 5.41) is 3.60. The van der Waals surface area contributed by atoms with E-state index in [0.29, 0.717) is 36.1 Å². The van der Waals surface area contributed by atoms with Gasteiger partial charge in [-0.2, -0.15) is 0 Å². The number of methoxy groups -OCH3 is 1. The van der Waals surface area contributed by atoms with Crippen molar-refractivity contribution in [3.63, 3.8) is 0 Å².